The quantitative estimate of drug-likeness (QED) is 0.920. The molecule has 0 spiro atoms. The summed E-state index contributed by atoms with van der Waals surface area (Å²) < 4.78 is 0. The fourth-order valence-electron chi connectivity index (χ4n) is 1.58. The molecule has 4 nitrogen and oxygen atoms in total. The molecule has 0 unspecified atom stereocenters. The van der Waals surface area contributed by atoms with Crippen LogP contribution in [0.5, 0.6) is 0 Å². The number of thiazole rings is 1. The molecule has 0 aliphatic heterocycles. The van der Waals surface area contributed by atoms with Crippen molar-refractivity contribution in [3.8, 4) is 11.4 Å². The topological polar surface area (TPSA) is 63.1 Å². The Balaban J connectivity index is 2.47. The van der Waals surface area contributed by atoms with Gasteiger partial charge in [0.25, 0.3) is 0 Å². The van der Waals surface area contributed by atoms with E-state index in [0.29, 0.717) is 11.6 Å². The van der Waals surface area contributed by atoms with Gasteiger partial charge in [0.05, 0.1) is 17.1 Å². The largest absolute Gasteiger partial charge is 0.481 e. The molecule has 0 saturated heterocycles. The van der Waals surface area contributed by atoms with Crippen molar-refractivity contribution in [3.63, 3.8) is 0 Å². The monoisotopic (exact) mass is 262 g/mol. The third-order valence-electron chi connectivity index (χ3n) is 2.43. The molecule has 0 aromatic carbocycles. The molecule has 94 valence electrons. The minimum Gasteiger partial charge on any atom is -0.481 e. The first-order valence-electron chi connectivity index (χ1n) is 5.70. The van der Waals surface area contributed by atoms with Crippen molar-refractivity contribution in [2.75, 3.05) is 0 Å². The lowest BCUT2D eigenvalue weighted by atomic mass is 10.2. The number of aliphatic carboxylic acids is 1. The van der Waals surface area contributed by atoms with E-state index in [2.05, 4.69) is 9.97 Å². The molecule has 2 heterocycles. The molecule has 18 heavy (non-hydrogen) atoms. The zero-order valence-electron chi connectivity index (χ0n) is 10.3. The highest BCUT2D eigenvalue weighted by Gasteiger charge is 2.17. The Morgan fingerprint density at radius 3 is 2.78 bits per heavy atom. The lowest BCUT2D eigenvalue weighted by Crippen LogP contribution is -1.99. The molecule has 2 aromatic heterocycles. The molecule has 1 N–H and O–H groups in total. The highest BCUT2D eigenvalue weighted by molar-refractivity contribution is 7.12. The van der Waals surface area contributed by atoms with Crippen LogP contribution in [0.2, 0.25) is 0 Å². The van der Waals surface area contributed by atoms with Crippen LogP contribution in [0.3, 0.4) is 0 Å². The molecule has 0 saturated carbocycles. The van der Waals surface area contributed by atoms with Gasteiger partial charge in [-0.05, 0) is 12.1 Å². The minimum absolute atomic E-state index is 0.00368. The Labute approximate surface area is 109 Å². The van der Waals surface area contributed by atoms with Gasteiger partial charge in [-0.25, -0.2) is 4.98 Å². The standard InChI is InChI=1S/C13H14N2O2S/c1-8(2)13-15-12(9-5-3-4-6-14-9)10(18-13)7-11(16)17/h3-6,8H,7H2,1-2H3,(H,16,17). The minimum atomic E-state index is -0.842. The Morgan fingerprint density at radius 2 is 2.22 bits per heavy atom. The van der Waals surface area contributed by atoms with Crippen molar-refractivity contribution >= 4 is 17.3 Å². The average molecular weight is 262 g/mol. The summed E-state index contributed by atoms with van der Waals surface area (Å²) in [6, 6.07) is 5.56. The summed E-state index contributed by atoms with van der Waals surface area (Å²) in [6.07, 6.45) is 1.69. The number of carboxylic acids is 1. The molecule has 0 atom stereocenters. The number of aromatic nitrogens is 2. The van der Waals surface area contributed by atoms with E-state index in [0.717, 1.165) is 15.6 Å². The molecule has 0 radical (unpaired) electrons. The number of hydrogen-bond acceptors (Lipinski definition) is 4. The molecular weight excluding hydrogens is 248 g/mol. The van der Waals surface area contributed by atoms with E-state index < -0.39 is 5.97 Å². The fourth-order valence-corrected chi connectivity index (χ4v) is 2.64. The second-order valence-corrected chi connectivity index (χ2v) is 5.38. The van der Waals surface area contributed by atoms with E-state index in [4.69, 9.17) is 5.11 Å². The van der Waals surface area contributed by atoms with Crippen molar-refractivity contribution in [2.45, 2.75) is 26.2 Å². The zero-order valence-corrected chi connectivity index (χ0v) is 11.1. The van der Waals surface area contributed by atoms with E-state index in [1.54, 1.807) is 6.20 Å². The first kappa shape index (κ1) is 12.7. The van der Waals surface area contributed by atoms with Gasteiger partial charge >= 0.3 is 5.97 Å². The summed E-state index contributed by atoms with van der Waals surface area (Å²) >= 11 is 1.46. The van der Waals surface area contributed by atoms with Crippen molar-refractivity contribution in [2.24, 2.45) is 0 Å². The third kappa shape index (κ3) is 2.73. The van der Waals surface area contributed by atoms with Crippen LogP contribution in [-0.4, -0.2) is 21.0 Å². The SMILES string of the molecule is CC(C)c1nc(-c2ccccn2)c(CC(=O)O)s1. The smallest absolute Gasteiger partial charge is 0.308 e. The van der Waals surface area contributed by atoms with Gasteiger partial charge in [-0.2, -0.15) is 0 Å². The average Bonchev–Trinajstić information content (AvgIpc) is 2.73. The van der Waals surface area contributed by atoms with Crippen LogP contribution in [-0.2, 0) is 11.2 Å². The van der Waals surface area contributed by atoms with E-state index >= 15 is 0 Å². The second-order valence-electron chi connectivity index (χ2n) is 4.26. The molecule has 2 aromatic rings. The molecule has 5 heteroatoms. The molecular formula is C13H14N2O2S. The Kier molecular flexibility index (Phi) is 3.72. The first-order chi connectivity index (χ1) is 8.58. The number of hydrogen-bond donors (Lipinski definition) is 1. The van der Waals surface area contributed by atoms with E-state index in [9.17, 15) is 4.79 Å². The normalized spacial score (nSPS) is 10.8. The molecule has 0 fully saturated rings. The summed E-state index contributed by atoms with van der Waals surface area (Å²) in [5, 5.41) is 9.90. The maximum absolute atomic E-state index is 10.9. The number of rotatable bonds is 4. The summed E-state index contributed by atoms with van der Waals surface area (Å²) in [7, 11) is 0. The van der Waals surface area contributed by atoms with Gasteiger partial charge in [-0.3, -0.25) is 9.78 Å². The maximum Gasteiger partial charge on any atom is 0.308 e. The molecule has 2 rings (SSSR count). The Hall–Kier alpha value is -1.75. The van der Waals surface area contributed by atoms with Crippen molar-refractivity contribution in [1.29, 1.82) is 0 Å². The Morgan fingerprint density at radius 1 is 1.44 bits per heavy atom. The lowest BCUT2D eigenvalue weighted by Gasteiger charge is -1.98. The van der Waals surface area contributed by atoms with Gasteiger partial charge < -0.3 is 5.11 Å². The second kappa shape index (κ2) is 5.27. The zero-order chi connectivity index (χ0) is 13.1. The predicted molar refractivity (Wildman–Crippen MR) is 70.8 cm³/mol. The third-order valence-corrected chi connectivity index (χ3v) is 3.78. The van der Waals surface area contributed by atoms with Gasteiger partial charge in [-0.15, -0.1) is 11.3 Å². The van der Waals surface area contributed by atoms with Crippen molar-refractivity contribution in [1.82, 2.24) is 9.97 Å². The van der Waals surface area contributed by atoms with Crippen LogP contribution in [0.25, 0.3) is 11.4 Å². The van der Waals surface area contributed by atoms with Crippen LogP contribution >= 0.6 is 11.3 Å². The van der Waals surface area contributed by atoms with Crippen molar-refractivity contribution in [3.05, 3.63) is 34.3 Å². The maximum atomic E-state index is 10.9. The van der Waals surface area contributed by atoms with Gasteiger partial charge in [0.2, 0.25) is 0 Å². The van der Waals surface area contributed by atoms with Crippen LogP contribution in [0.1, 0.15) is 29.7 Å². The van der Waals surface area contributed by atoms with Crippen LogP contribution < -0.4 is 0 Å². The summed E-state index contributed by atoms with van der Waals surface area (Å²) in [6.45, 7) is 4.09. The first-order valence-corrected chi connectivity index (χ1v) is 6.52. The van der Waals surface area contributed by atoms with E-state index in [1.165, 1.54) is 11.3 Å². The number of carboxylic acid groups (broad SMARTS) is 1. The number of carbonyl (C=O) groups is 1. The predicted octanol–water partition coefficient (Wildman–Crippen LogP) is 2.96. The summed E-state index contributed by atoms with van der Waals surface area (Å²) in [5.41, 5.74) is 1.43. The van der Waals surface area contributed by atoms with Crippen molar-refractivity contribution < 1.29 is 9.90 Å². The number of pyridine rings is 1. The summed E-state index contributed by atoms with van der Waals surface area (Å²) in [5.74, 6) is -0.550. The van der Waals surface area contributed by atoms with E-state index in [-0.39, 0.29) is 6.42 Å². The molecule has 0 aliphatic rings. The lowest BCUT2D eigenvalue weighted by molar-refractivity contribution is -0.136. The Bertz CT molecular complexity index is 549. The summed E-state index contributed by atoms with van der Waals surface area (Å²) in [4.78, 5) is 20.4. The van der Waals surface area contributed by atoms with Gasteiger partial charge in [0, 0.05) is 17.0 Å². The molecule has 0 aliphatic carbocycles. The van der Waals surface area contributed by atoms with Crippen LogP contribution in [0.4, 0.5) is 0 Å². The highest BCUT2D eigenvalue weighted by Crippen LogP contribution is 2.31. The molecule has 0 bridgehead atoms. The molecule has 0 amide bonds. The van der Waals surface area contributed by atoms with Crippen LogP contribution in [0.15, 0.2) is 24.4 Å². The highest BCUT2D eigenvalue weighted by atomic mass is 32.1. The van der Waals surface area contributed by atoms with Gasteiger partial charge in [-0.1, -0.05) is 19.9 Å². The van der Waals surface area contributed by atoms with Crippen LogP contribution in [0, 0.1) is 0 Å². The van der Waals surface area contributed by atoms with E-state index in [1.807, 2.05) is 32.0 Å². The van der Waals surface area contributed by atoms with Gasteiger partial charge in [0.1, 0.15) is 5.69 Å². The fraction of sp³-hybridized carbons (Fsp3) is 0.308. The van der Waals surface area contributed by atoms with Gasteiger partial charge in [0.15, 0.2) is 0 Å². The number of nitrogens with zero attached hydrogens (tertiary/aromatic N) is 2.